The van der Waals surface area contributed by atoms with Crippen molar-refractivity contribution in [3.63, 3.8) is 0 Å². The summed E-state index contributed by atoms with van der Waals surface area (Å²) < 4.78 is 0. The van der Waals surface area contributed by atoms with Crippen molar-refractivity contribution in [2.75, 3.05) is 25.9 Å². The molecule has 1 aromatic rings. The van der Waals surface area contributed by atoms with E-state index in [2.05, 4.69) is 17.3 Å². The van der Waals surface area contributed by atoms with Crippen molar-refractivity contribution in [3.05, 3.63) is 29.8 Å². The van der Waals surface area contributed by atoms with Crippen molar-refractivity contribution in [2.45, 2.75) is 31.7 Å². The van der Waals surface area contributed by atoms with Crippen molar-refractivity contribution < 1.29 is 4.79 Å². The van der Waals surface area contributed by atoms with Crippen LogP contribution in [-0.4, -0.2) is 37.0 Å². The number of benzene rings is 1. The molecule has 108 valence electrons. The highest BCUT2D eigenvalue weighted by Gasteiger charge is 2.45. The van der Waals surface area contributed by atoms with Crippen LogP contribution in [0.3, 0.4) is 0 Å². The molecule has 3 N–H and O–H groups in total. The summed E-state index contributed by atoms with van der Waals surface area (Å²) in [6, 6.07) is 7.58. The van der Waals surface area contributed by atoms with E-state index in [4.69, 9.17) is 5.73 Å². The molecular weight excluding hydrogens is 250 g/mol. The smallest absolute Gasteiger partial charge is 0.253 e. The number of rotatable bonds is 2. The fraction of sp³-hybridized carbons (Fsp3) is 0.562. The predicted molar refractivity (Wildman–Crippen MR) is 80.5 cm³/mol. The van der Waals surface area contributed by atoms with E-state index in [1.54, 1.807) is 12.1 Å². The molecule has 0 atom stereocenters. The van der Waals surface area contributed by atoms with Crippen molar-refractivity contribution in [1.29, 1.82) is 0 Å². The number of amides is 1. The molecule has 1 aliphatic heterocycles. The summed E-state index contributed by atoms with van der Waals surface area (Å²) in [5, 5.41) is 3.12. The van der Waals surface area contributed by atoms with Gasteiger partial charge in [0.2, 0.25) is 0 Å². The summed E-state index contributed by atoms with van der Waals surface area (Å²) in [5.41, 5.74) is 7.48. The van der Waals surface area contributed by atoms with Crippen molar-refractivity contribution in [3.8, 4) is 0 Å². The first-order chi connectivity index (χ1) is 9.58. The van der Waals surface area contributed by atoms with E-state index in [-0.39, 0.29) is 5.91 Å². The third kappa shape index (κ3) is 2.52. The number of hydrogen-bond donors (Lipinski definition) is 2. The summed E-state index contributed by atoms with van der Waals surface area (Å²) >= 11 is 0. The SMILES string of the molecule is CN1CCC2(CC1)CC(NC(=O)c1ccccc1N)C2. The van der Waals surface area contributed by atoms with Gasteiger partial charge in [-0.15, -0.1) is 0 Å². The second-order valence-electron chi connectivity index (χ2n) is 6.47. The van der Waals surface area contributed by atoms with Crippen LogP contribution >= 0.6 is 0 Å². The van der Waals surface area contributed by atoms with Crippen LogP contribution in [0.1, 0.15) is 36.0 Å². The van der Waals surface area contributed by atoms with Gasteiger partial charge in [0, 0.05) is 11.7 Å². The zero-order valence-electron chi connectivity index (χ0n) is 12.1. The number of anilines is 1. The fourth-order valence-electron chi connectivity index (χ4n) is 3.56. The van der Waals surface area contributed by atoms with E-state index in [9.17, 15) is 4.79 Å². The van der Waals surface area contributed by atoms with Gasteiger partial charge in [0.05, 0.1) is 5.56 Å². The minimum absolute atomic E-state index is 0.0316. The standard InChI is InChI=1S/C16H23N3O/c1-19-8-6-16(7-9-19)10-12(11-16)18-15(20)13-4-2-3-5-14(13)17/h2-5,12H,6-11,17H2,1H3,(H,18,20). The van der Waals surface area contributed by atoms with Crippen LogP contribution in [0.25, 0.3) is 0 Å². The Labute approximate surface area is 120 Å². The average molecular weight is 273 g/mol. The monoisotopic (exact) mass is 273 g/mol. The first kappa shape index (κ1) is 13.4. The van der Waals surface area contributed by atoms with E-state index in [1.807, 2.05) is 12.1 Å². The molecule has 1 saturated carbocycles. The lowest BCUT2D eigenvalue weighted by atomic mass is 9.60. The van der Waals surface area contributed by atoms with Crippen LogP contribution in [0.5, 0.6) is 0 Å². The Morgan fingerprint density at radius 1 is 1.30 bits per heavy atom. The van der Waals surface area contributed by atoms with Crippen LogP contribution in [0.4, 0.5) is 5.69 Å². The lowest BCUT2D eigenvalue weighted by Crippen LogP contribution is -2.54. The van der Waals surface area contributed by atoms with Gasteiger partial charge in [-0.25, -0.2) is 0 Å². The number of nitrogen functional groups attached to an aromatic ring is 1. The van der Waals surface area contributed by atoms with Crippen molar-refractivity contribution in [2.24, 2.45) is 5.41 Å². The van der Waals surface area contributed by atoms with Crippen LogP contribution in [0.2, 0.25) is 0 Å². The molecule has 4 heteroatoms. The summed E-state index contributed by atoms with van der Waals surface area (Å²) in [5.74, 6) is -0.0316. The summed E-state index contributed by atoms with van der Waals surface area (Å²) in [6.07, 6.45) is 4.78. The number of hydrogen-bond acceptors (Lipinski definition) is 3. The van der Waals surface area contributed by atoms with Gasteiger partial charge in [0.15, 0.2) is 0 Å². The lowest BCUT2D eigenvalue weighted by Gasteiger charge is -2.52. The van der Waals surface area contributed by atoms with Gasteiger partial charge in [0.1, 0.15) is 0 Å². The van der Waals surface area contributed by atoms with Gasteiger partial charge in [-0.2, -0.15) is 0 Å². The molecule has 0 aromatic heterocycles. The third-order valence-electron chi connectivity index (χ3n) is 4.95. The zero-order chi connectivity index (χ0) is 14.2. The predicted octanol–water partition coefficient (Wildman–Crippen LogP) is 1.87. The van der Waals surface area contributed by atoms with E-state index in [1.165, 1.54) is 25.9 Å². The van der Waals surface area contributed by atoms with Crippen molar-refractivity contribution >= 4 is 11.6 Å². The molecule has 1 amide bonds. The van der Waals surface area contributed by atoms with Gasteiger partial charge in [-0.3, -0.25) is 4.79 Å². The van der Waals surface area contributed by atoms with Crippen LogP contribution in [-0.2, 0) is 0 Å². The van der Waals surface area contributed by atoms with E-state index >= 15 is 0 Å². The normalized spacial score (nSPS) is 22.4. The highest BCUT2D eigenvalue weighted by Crippen LogP contribution is 2.48. The number of piperidine rings is 1. The second kappa shape index (κ2) is 5.09. The molecule has 4 nitrogen and oxygen atoms in total. The molecule has 1 aliphatic carbocycles. The number of likely N-dealkylation sites (tertiary alicyclic amines) is 1. The molecule has 0 unspecified atom stereocenters. The van der Waals surface area contributed by atoms with Gasteiger partial charge in [-0.1, -0.05) is 12.1 Å². The maximum atomic E-state index is 12.2. The quantitative estimate of drug-likeness (QED) is 0.809. The molecule has 2 fully saturated rings. The topological polar surface area (TPSA) is 58.4 Å². The van der Waals surface area contributed by atoms with Gasteiger partial charge in [-0.05, 0) is 63.4 Å². The molecule has 1 aromatic carbocycles. The number of nitrogens with two attached hydrogens (primary N) is 1. The zero-order valence-corrected chi connectivity index (χ0v) is 12.1. The second-order valence-corrected chi connectivity index (χ2v) is 6.47. The number of para-hydroxylation sites is 1. The Bertz CT molecular complexity index is 498. The largest absolute Gasteiger partial charge is 0.398 e. The molecule has 0 bridgehead atoms. The molecule has 3 rings (SSSR count). The number of nitrogens with one attached hydrogen (secondary N) is 1. The summed E-state index contributed by atoms with van der Waals surface area (Å²) in [6.45, 7) is 2.37. The van der Waals surface area contributed by atoms with E-state index < -0.39 is 0 Å². The number of carbonyl (C=O) groups is 1. The van der Waals surface area contributed by atoms with Crippen LogP contribution in [0.15, 0.2) is 24.3 Å². The molecule has 2 aliphatic rings. The summed E-state index contributed by atoms with van der Waals surface area (Å²) in [4.78, 5) is 14.6. The Hall–Kier alpha value is -1.55. The van der Waals surface area contributed by atoms with Crippen LogP contribution in [0, 0.1) is 5.41 Å². The Balaban J connectivity index is 1.54. The first-order valence-corrected chi connectivity index (χ1v) is 7.42. The number of carbonyl (C=O) groups excluding carboxylic acids is 1. The molecule has 1 spiro atoms. The third-order valence-corrected chi connectivity index (χ3v) is 4.95. The van der Waals surface area contributed by atoms with E-state index in [0.29, 0.717) is 22.7 Å². The van der Waals surface area contributed by atoms with Gasteiger partial charge >= 0.3 is 0 Å². The Morgan fingerprint density at radius 3 is 2.60 bits per heavy atom. The summed E-state index contributed by atoms with van der Waals surface area (Å²) in [7, 11) is 2.18. The molecular formula is C16H23N3O. The highest BCUT2D eigenvalue weighted by molar-refractivity contribution is 5.99. The molecule has 1 saturated heterocycles. The fourth-order valence-corrected chi connectivity index (χ4v) is 3.56. The minimum Gasteiger partial charge on any atom is -0.398 e. The lowest BCUT2D eigenvalue weighted by molar-refractivity contribution is 0.0139. The molecule has 1 heterocycles. The van der Waals surface area contributed by atoms with E-state index in [0.717, 1.165) is 12.8 Å². The van der Waals surface area contributed by atoms with Crippen LogP contribution < -0.4 is 11.1 Å². The van der Waals surface area contributed by atoms with Crippen molar-refractivity contribution in [1.82, 2.24) is 10.2 Å². The van der Waals surface area contributed by atoms with Gasteiger partial charge < -0.3 is 16.0 Å². The first-order valence-electron chi connectivity index (χ1n) is 7.42. The highest BCUT2D eigenvalue weighted by atomic mass is 16.1. The number of nitrogens with zero attached hydrogens (tertiary/aromatic N) is 1. The maximum absolute atomic E-state index is 12.2. The molecule has 0 radical (unpaired) electrons. The Kier molecular flexibility index (Phi) is 3.42. The van der Waals surface area contributed by atoms with Gasteiger partial charge in [0.25, 0.3) is 5.91 Å². The minimum atomic E-state index is -0.0316. The Morgan fingerprint density at radius 2 is 1.95 bits per heavy atom. The average Bonchev–Trinajstić information content (AvgIpc) is 2.40. The maximum Gasteiger partial charge on any atom is 0.253 e. The molecule has 20 heavy (non-hydrogen) atoms.